The van der Waals surface area contributed by atoms with Crippen molar-refractivity contribution < 1.29 is 31.1 Å². The molecule has 0 saturated heterocycles. The van der Waals surface area contributed by atoms with Gasteiger partial charge in [0, 0.05) is 23.1 Å². The highest BCUT2D eigenvalue weighted by Gasteiger charge is 2.31. The molecule has 9 heteroatoms. The van der Waals surface area contributed by atoms with Crippen molar-refractivity contribution in [1.82, 2.24) is 4.98 Å². The Bertz CT molecular complexity index is 1020. The Morgan fingerprint density at radius 2 is 1.82 bits per heavy atom. The molecule has 146 valence electrons. The van der Waals surface area contributed by atoms with E-state index in [9.17, 15) is 26.3 Å². The van der Waals surface area contributed by atoms with Crippen molar-refractivity contribution in [1.29, 1.82) is 0 Å². The fraction of sp³-hybridized carbons (Fsp3) is 0.105. The van der Waals surface area contributed by atoms with Crippen LogP contribution in [-0.2, 0) is 16.8 Å². The van der Waals surface area contributed by atoms with Gasteiger partial charge in [-0.2, -0.15) is 0 Å². The highest BCUT2D eigenvalue weighted by molar-refractivity contribution is 7.78. The van der Waals surface area contributed by atoms with Crippen molar-refractivity contribution in [2.75, 3.05) is 0 Å². The van der Waals surface area contributed by atoms with Crippen LogP contribution >= 0.6 is 0 Å². The maximum Gasteiger partial charge on any atom is 0.573 e. The fourth-order valence-corrected chi connectivity index (χ4v) is 3.16. The Labute approximate surface area is 160 Å². The second-order valence-corrected chi connectivity index (χ2v) is 6.63. The third kappa shape index (κ3) is 4.93. The maximum absolute atomic E-state index is 14.2. The Balaban J connectivity index is 2.02. The molecule has 2 aromatic carbocycles. The number of hydrogen-bond acceptors (Lipinski definition) is 4. The van der Waals surface area contributed by atoms with Crippen molar-refractivity contribution in [3.8, 4) is 28.1 Å². The minimum atomic E-state index is -4.82. The Kier molecular flexibility index (Phi) is 5.76. The van der Waals surface area contributed by atoms with E-state index in [-0.39, 0.29) is 11.3 Å². The summed E-state index contributed by atoms with van der Waals surface area (Å²) in [6.07, 6.45) is -3.36. The van der Waals surface area contributed by atoms with Crippen molar-refractivity contribution in [3.05, 3.63) is 72.2 Å². The van der Waals surface area contributed by atoms with Crippen LogP contribution < -0.4 is 4.74 Å². The van der Waals surface area contributed by atoms with Gasteiger partial charge in [-0.15, -0.1) is 13.2 Å². The van der Waals surface area contributed by atoms with Crippen molar-refractivity contribution in [3.63, 3.8) is 0 Å². The van der Waals surface area contributed by atoms with Crippen LogP contribution in [0.2, 0.25) is 0 Å². The lowest BCUT2D eigenvalue weighted by atomic mass is 9.98. The van der Waals surface area contributed by atoms with Gasteiger partial charge < -0.3 is 9.29 Å². The third-order valence-corrected chi connectivity index (χ3v) is 4.33. The highest BCUT2D eigenvalue weighted by Crippen LogP contribution is 2.34. The quantitative estimate of drug-likeness (QED) is 0.446. The van der Waals surface area contributed by atoms with Gasteiger partial charge in [0.25, 0.3) is 0 Å². The van der Waals surface area contributed by atoms with Crippen LogP contribution in [-0.4, -0.2) is 20.1 Å². The SMILES string of the molecule is O=S([O-])Cc1ccc(-c2ncccc2-c2cccc(OC(F)(F)F)c2)cc1F. The van der Waals surface area contributed by atoms with Gasteiger partial charge in [-0.3, -0.25) is 9.19 Å². The van der Waals surface area contributed by atoms with E-state index in [1.54, 1.807) is 18.2 Å². The number of benzene rings is 2. The van der Waals surface area contributed by atoms with Gasteiger partial charge >= 0.3 is 6.36 Å². The zero-order valence-corrected chi connectivity index (χ0v) is 14.9. The van der Waals surface area contributed by atoms with E-state index in [2.05, 4.69) is 9.72 Å². The Hall–Kier alpha value is -2.78. The first-order valence-electron chi connectivity index (χ1n) is 7.89. The van der Waals surface area contributed by atoms with Gasteiger partial charge in [-0.25, -0.2) is 4.39 Å². The molecular formula is C19H12F4NO3S-. The highest BCUT2D eigenvalue weighted by atomic mass is 32.2. The van der Waals surface area contributed by atoms with E-state index < -0.39 is 29.0 Å². The second kappa shape index (κ2) is 8.07. The number of ether oxygens (including phenoxy) is 1. The lowest BCUT2D eigenvalue weighted by molar-refractivity contribution is -0.274. The summed E-state index contributed by atoms with van der Waals surface area (Å²) in [5.41, 5.74) is 1.57. The molecule has 1 unspecified atom stereocenters. The van der Waals surface area contributed by atoms with Gasteiger partial charge in [0.15, 0.2) is 0 Å². The fourth-order valence-electron chi connectivity index (χ4n) is 2.67. The molecule has 0 N–H and O–H groups in total. The summed E-state index contributed by atoms with van der Waals surface area (Å²) >= 11 is -2.43. The van der Waals surface area contributed by atoms with E-state index in [0.29, 0.717) is 22.4 Å². The minimum absolute atomic E-state index is 0.00939. The van der Waals surface area contributed by atoms with Crippen LogP contribution in [0.5, 0.6) is 5.75 Å². The standard InChI is InChI=1S/C19H13F4NO3S/c20-17-10-13(6-7-14(17)11-28(25)26)18-16(5-2-8-24-18)12-3-1-4-15(9-12)27-19(21,22)23/h1-10H,11H2,(H,25,26)/p-1. The topological polar surface area (TPSA) is 62.2 Å². The number of nitrogens with zero attached hydrogens (tertiary/aromatic N) is 1. The largest absolute Gasteiger partial charge is 0.772 e. The van der Waals surface area contributed by atoms with E-state index in [1.807, 2.05) is 0 Å². The van der Waals surface area contributed by atoms with Crippen LogP contribution in [0.15, 0.2) is 60.8 Å². The summed E-state index contributed by atoms with van der Waals surface area (Å²) in [7, 11) is 0. The molecule has 3 aromatic rings. The zero-order valence-electron chi connectivity index (χ0n) is 14.1. The van der Waals surface area contributed by atoms with Gasteiger partial charge in [0.2, 0.25) is 0 Å². The third-order valence-electron chi connectivity index (χ3n) is 3.79. The molecule has 0 spiro atoms. The molecule has 1 heterocycles. The number of alkyl halides is 3. The summed E-state index contributed by atoms with van der Waals surface area (Å²) in [5.74, 6) is -1.57. The molecule has 28 heavy (non-hydrogen) atoms. The first-order valence-corrected chi connectivity index (χ1v) is 9.13. The van der Waals surface area contributed by atoms with Crippen LogP contribution in [0.3, 0.4) is 0 Å². The molecule has 0 amide bonds. The molecule has 3 rings (SSSR count). The van der Waals surface area contributed by atoms with E-state index in [1.165, 1.54) is 36.5 Å². The number of halogens is 4. The van der Waals surface area contributed by atoms with Gasteiger partial charge in [-0.05, 0) is 35.4 Å². The molecule has 4 nitrogen and oxygen atoms in total. The normalized spacial score (nSPS) is 12.6. The molecule has 0 bridgehead atoms. The molecule has 1 aromatic heterocycles. The summed E-state index contributed by atoms with van der Waals surface area (Å²) in [4.78, 5) is 4.21. The molecule has 0 fully saturated rings. The minimum Gasteiger partial charge on any atom is -0.772 e. The zero-order chi connectivity index (χ0) is 20.3. The molecule has 1 atom stereocenters. The lowest BCUT2D eigenvalue weighted by Crippen LogP contribution is -2.17. The van der Waals surface area contributed by atoms with Crippen LogP contribution in [0, 0.1) is 5.82 Å². The number of pyridine rings is 1. The van der Waals surface area contributed by atoms with Crippen molar-refractivity contribution in [2.45, 2.75) is 12.1 Å². The summed E-state index contributed by atoms with van der Waals surface area (Å²) in [5, 5.41) is 0. The molecule has 0 saturated carbocycles. The number of hydrogen-bond donors (Lipinski definition) is 0. The van der Waals surface area contributed by atoms with Gasteiger partial charge in [0.05, 0.1) is 5.69 Å². The van der Waals surface area contributed by atoms with E-state index in [4.69, 9.17) is 0 Å². The van der Waals surface area contributed by atoms with Crippen LogP contribution in [0.25, 0.3) is 22.4 Å². The molecule has 0 radical (unpaired) electrons. The number of rotatable bonds is 5. The molecular weight excluding hydrogens is 398 g/mol. The van der Waals surface area contributed by atoms with Gasteiger partial charge in [-0.1, -0.05) is 41.4 Å². The molecule has 0 aliphatic carbocycles. The van der Waals surface area contributed by atoms with Crippen LogP contribution in [0.4, 0.5) is 17.6 Å². The average Bonchev–Trinajstić information content (AvgIpc) is 2.62. The average molecular weight is 410 g/mol. The van der Waals surface area contributed by atoms with E-state index >= 15 is 0 Å². The number of aromatic nitrogens is 1. The lowest BCUT2D eigenvalue weighted by Gasteiger charge is -2.13. The first kappa shape index (κ1) is 20.0. The predicted octanol–water partition coefficient (Wildman–Crippen LogP) is 4.83. The van der Waals surface area contributed by atoms with Crippen molar-refractivity contribution >= 4 is 11.1 Å². The van der Waals surface area contributed by atoms with E-state index in [0.717, 1.165) is 6.07 Å². The first-order chi connectivity index (χ1) is 13.2. The summed E-state index contributed by atoms with van der Waals surface area (Å²) in [6.45, 7) is 0. The maximum atomic E-state index is 14.2. The van der Waals surface area contributed by atoms with Gasteiger partial charge in [0.1, 0.15) is 11.6 Å². The predicted molar refractivity (Wildman–Crippen MR) is 94.4 cm³/mol. The Morgan fingerprint density at radius 1 is 1.04 bits per heavy atom. The molecule has 0 aliphatic heterocycles. The molecule has 0 aliphatic rings. The Morgan fingerprint density at radius 3 is 2.50 bits per heavy atom. The monoisotopic (exact) mass is 410 g/mol. The second-order valence-electron chi connectivity index (χ2n) is 5.73. The van der Waals surface area contributed by atoms with Crippen LogP contribution in [0.1, 0.15) is 5.56 Å². The smallest absolute Gasteiger partial charge is 0.573 e. The van der Waals surface area contributed by atoms with Crippen molar-refractivity contribution in [2.24, 2.45) is 0 Å². The summed E-state index contributed by atoms with van der Waals surface area (Å²) < 4.78 is 77.1. The summed E-state index contributed by atoms with van der Waals surface area (Å²) in [6, 6.07) is 12.6.